The molecule has 1 N–H and O–H groups in total. The fourth-order valence-electron chi connectivity index (χ4n) is 1.11. The SMILES string of the molecule is CCCNC(=O)N(C)CCc1nccs1. The zero-order valence-corrected chi connectivity index (χ0v) is 10.0. The van der Waals surface area contributed by atoms with Crippen LogP contribution in [0, 0.1) is 0 Å². The molecule has 0 saturated carbocycles. The van der Waals surface area contributed by atoms with Crippen LogP contribution < -0.4 is 5.32 Å². The lowest BCUT2D eigenvalue weighted by Gasteiger charge is -2.16. The molecule has 0 aromatic carbocycles. The molecule has 0 saturated heterocycles. The van der Waals surface area contributed by atoms with Crippen molar-refractivity contribution in [2.45, 2.75) is 19.8 Å². The van der Waals surface area contributed by atoms with E-state index in [1.165, 1.54) is 0 Å². The summed E-state index contributed by atoms with van der Waals surface area (Å²) >= 11 is 1.62. The van der Waals surface area contributed by atoms with Gasteiger partial charge < -0.3 is 10.2 Å². The Hall–Kier alpha value is -1.10. The summed E-state index contributed by atoms with van der Waals surface area (Å²) in [7, 11) is 1.80. The van der Waals surface area contributed by atoms with Crippen LogP contribution in [-0.4, -0.2) is 36.1 Å². The maximum Gasteiger partial charge on any atom is 0.317 e. The first-order valence-electron chi connectivity index (χ1n) is 5.11. The first-order valence-corrected chi connectivity index (χ1v) is 5.99. The lowest BCUT2D eigenvalue weighted by Crippen LogP contribution is -2.38. The van der Waals surface area contributed by atoms with Gasteiger partial charge in [0.2, 0.25) is 0 Å². The van der Waals surface area contributed by atoms with Crippen molar-refractivity contribution in [3.63, 3.8) is 0 Å². The Kier molecular flexibility index (Phi) is 5.10. The molecule has 5 heteroatoms. The van der Waals surface area contributed by atoms with Crippen LogP contribution in [0.4, 0.5) is 4.79 Å². The van der Waals surface area contributed by atoms with Gasteiger partial charge in [-0.2, -0.15) is 0 Å². The smallest absolute Gasteiger partial charge is 0.317 e. The molecule has 4 nitrogen and oxygen atoms in total. The third-order valence-corrected chi connectivity index (χ3v) is 2.86. The van der Waals surface area contributed by atoms with E-state index in [-0.39, 0.29) is 6.03 Å². The van der Waals surface area contributed by atoms with Crippen LogP contribution in [0.5, 0.6) is 0 Å². The van der Waals surface area contributed by atoms with E-state index < -0.39 is 0 Å². The average molecular weight is 227 g/mol. The first kappa shape index (κ1) is 12.0. The standard InChI is InChI=1S/C10H17N3OS/c1-3-5-12-10(14)13(2)7-4-9-11-6-8-15-9/h6,8H,3-5,7H2,1-2H3,(H,12,14). The number of rotatable bonds is 5. The summed E-state index contributed by atoms with van der Waals surface area (Å²) in [6.07, 6.45) is 3.58. The van der Waals surface area contributed by atoms with Gasteiger partial charge in [0.05, 0.1) is 5.01 Å². The number of aromatic nitrogens is 1. The van der Waals surface area contributed by atoms with Gasteiger partial charge in [-0.15, -0.1) is 11.3 Å². The van der Waals surface area contributed by atoms with Crippen molar-refractivity contribution in [3.05, 3.63) is 16.6 Å². The largest absolute Gasteiger partial charge is 0.338 e. The molecule has 84 valence electrons. The van der Waals surface area contributed by atoms with Gasteiger partial charge in [0.25, 0.3) is 0 Å². The molecule has 15 heavy (non-hydrogen) atoms. The van der Waals surface area contributed by atoms with Gasteiger partial charge in [-0.05, 0) is 6.42 Å². The highest BCUT2D eigenvalue weighted by molar-refractivity contribution is 7.09. The average Bonchev–Trinajstić information content (AvgIpc) is 2.75. The summed E-state index contributed by atoms with van der Waals surface area (Å²) < 4.78 is 0. The summed E-state index contributed by atoms with van der Waals surface area (Å²) in [5.74, 6) is 0. The van der Waals surface area contributed by atoms with Gasteiger partial charge in [-0.1, -0.05) is 6.92 Å². The maximum absolute atomic E-state index is 11.5. The number of carbonyl (C=O) groups is 1. The van der Waals surface area contributed by atoms with Crippen LogP contribution in [0.15, 0.2) is 11.6 Å². The van der Waals surface area contributed by atoms with Gasteiger partial charge in [0.15, 0.2) is 0 Å². The molecule has 0 aliphatic heterocycles. The summed E-state index contributed by atoms with van der Waals surface area (Å²) in [6, 6.07) is -0.00611. The predicted octanol–water partition coefficient (Wildman–Crippen LogP) is 1.74. The highest BCUT2D eigenvalue weighted by Gasteiger charge is 2.07. The molecule has 0 atom stereocenters. The summed E-state index contributed by atoms with van der Waals surface area (Å²) in [6.45, 7) is 3.49. The van der Waals surface area contributed by atoms with Gasteiger partial charge >= 0.3 is 6.03 Å². The van der Waals surface area contributed by atoms with E-state index in [4.69, 9.17) is 0 Å². The van der Waals surface area contributed by atoms with Crippen LogP contribution in [0.3, 0.4) is 0 Å². The summed E-state index contributed by atoms with van der Waals surface area (Å²) in [5.41, 5.74) is 0. The molecule has 0 fully saturated rings. The Morgan fingerprint density at radius 1 is 1.67 bits per heavy atom. The van der Waals surface area contributed by atoms with E-state index >= 15 is 0 Å². The summed E-state index contributed by atoms with van der Waals surface area (Å²) in [4.78, 5) is 17.3. The number of urea groups is 1. The van der Waals surface area contributed by atoms with Crippen LogP contribution in [0.25, 0.3) is 0 Å². The molecule has 1 rings (SSSR count). The normalized spacial score (nSPS) is 10.0. The molecule has 0 bridgehead atoms. The molecule has 0 spiro atoms. The Bertz CT molecular complexity index is 287. The van der Waals surface area contributed by atoms with Gasteiger partial charge in [-0.3, -0.25) is 0 Å². The number of likely N-dealkylation sites (N-methyl/N-ethyl adjacent to an activating group) is 1. The lowest BCUT2D eigenvalue weighted by atomic mass is 10.4. The van der Waals surface area contributed by atoms with E-state index in [2.05, 4.69) is 10.3 Å². The molecule has 1 aromatic heterocycles. The van der Waals surface area contributed by atoms with Crippen molar-refractivity contribution in [3.8, 4) is 0 Å². The second-order valence-electron chi connectivity index (χ2n) is 3.33. The minimum Gasteiger partial charge on any atom is -0.338 e. The lowest BCUT2D eigenvalue weighted by molar-refractivity contribution is 0.209. The van der Waals surface area contributed by atoms with Crippen LogP contribution in [0.2, 0.25) is 0 Å². The number of carbonyl (C=O) groups excluding carboxylic acids is 1. The van der Waals surface area contributed by atoms with Crippen molar-refractivity contribution < 1.29 is 4.79 Å². The predicted molar refractivity (Wildman–Crippen MR) is 62.1 cm³/mol. The molecule has 0 radical (unpaired) electrons. The van der Waals surface area contributed by atoms with E-state index in [0.29, 0.717) is 6.54 Å². The highest BCUT2D eigenvalue weighted by Crippen LogP contribution is 2.04. The number of thiazole rings is 1. The summed E-state index contributed by atoms with van der Waals surface area (Å²) in [5, 5.41) is 5.86. The van der Waals surface area contributed by atoms with Gasteiger partial charge in [0, 0.05) is 38.1 Å². The molecule has 0 aliphatic carbocycles. The molecule has 0 unspecified atom stereocenters. The molecular formula is C10H17N3OS. The number of nitrogens with zero attached hydrogens (tertiary/aromatic N) is 2. The van der Waals surface area contributed by atoms with Crippen LogP contribution >= 0.6 is 11.3 Å². The second kappa shape index (κ2) is 6.40. The Morgan fingerprint density at radius 2 is 2.47 bits per heavy atom. The fourth-order valence-corrected chi connectivity index (χ4v) is 1.72. The molecule has 1 aromatic rings. The number of nitrogens with one attached hydrogen (secondary N) is 1. The Morgan fingerprint density at radius 3 is 3.07 bits per heavy atom. The number of amides is 2. The van der Waals surface area contributed by atoms with E-state index in [1.807, 2.05) is 12.3 Å². The van der Waals surface area contributed by atoms with Crippen molar-refractivity contribution in [2.75, 3.05) is 20.1 Å². The molecular weight excluding hydrogens is 210 g/mol. The first-order chi connectivity index (χ1) is 7.24. The molecule has 2 amide bonds. The second-order valence-corrected chi connectivity index (χ2v) is 4.31. The van der Waals surface area contributed by atoms with E-state index in [0.717, 1.165) is 24.4 Å². The third-order valence-electron chi connectivity index (χ3n) is 2.02. The minimum absolute atomic E-state index is 0.00611. The van der Waals surface area contributed by atoms with Crippen LogP contribution in [0.1, 0.15) is 18.4 Å². The van der Waals surface area contributed by atoms with Gasteiger partial charge in [0.1, 0.15) is 0 Å². The maximum atomic E-state index is 11.5. The van der Waals surface area contributed by atoms with Crippen molar-refractivity contribution >= 4 is 17.4 Å². The zero-order chi connectivity index (χ0) is 11.1. The van der Waals surface area contributed by atoms with Crippen molar-refractivity contribution in [2.24, 2.45) is 0 Å². The zero-order valence-electron chi connectivity index (χ0n) is 9.19. The molecule has 0 aliphatic rings. The Labute approximate surface area is 94.3 Å². The quantitative estimate of drug-likeness (QED) is 0.832. The Balaban J connectivity index is 2.23. The minimum atomic E-state index is -0.00611. The molecule has 1 heterocycles. The topological polar surface area (TPSA) is 45.2 Å². The van der Waals surface area contributed by atoms with E-state index in [1.54, 1.807) is 29.5 Å². The highest BCUT2D eigenvalue weighted by atomic mass is 32.1. The van der Waals surface area contributed by atoms with Gasteiger partial charge in [-0.25, -0.2) is 9.78 Å². The van der Waals surface area contributed by atoms with Crippen molar-refractivity contribution in [1.29, 1.82) is 0 Å². The monoisotopic (exact) mass is 227 g/mol. The number of hydrogen-bond donors (Lipinski definition) is 1. The fraction of sp³-hybridized carbons (Fsp3) is 0.600. The van der Waals surface area contributed by atoms with E-state index in [9.17, 15) is 4.79 Å². The van der Waals surface area contributed by atoms with Crippen molar-refractivity contribution in [1.82, 2.24) is 15.2 Å². The van der Waals surface area contributed by atoms with Crippen LogP contribution in [-0.2, 0) is 6.42 Å². The third kappa shape index (κ3) is 4.29. The number of hydrogen-bond acceptors (Lipinski definition) is 3.